The molecule has 0 aliphatic rings. The number of benzene rings is 1. The molecule has 1 heterocycles. The van der Waals surface area contributed by atoms with Crippen LogP contribution < -0.4 is 22.3 Å². The van der Waals surface area contributed by atoms with Gasteiger partial charge in [0, 0.05) is 12.7 Å². The number of nitrogen functional groups attached to an aromatic ring is 1. The molecule has 0 unspecified atom stereocenters. The molecule has 6 nitrogen and oxygen atoms in total. The van der Waals surface area contributed by atoms with Gasteiger partial charge >= 0.3 is 5.69 Å². The summed E-state index contributed by atoms with van der Waals surface area (Å²) in [6.07, 6.45) is 0. The molecular weight excluding hydrogens is 220 g/mol. The lowest BCUT2D eigenvalue weighted by Gasteiger charge is -2.09. The summed E-state index contributed by atoms with van der Waals surface area (Å²) < 4.78 is 0.922. The Balaban J connectivity index is 2.48. The minimum absolute atomic E-state index is 0.0176. The quantitative estimate of drug-likeness (QED) is 0.698. The van der Waals surface area contributed by atoms with Crippen LogP contribution in [-0.2, 0) is 7.05 Å². The van der Waals surface area contributed by atoms with Gasteiger partial charge in [0.2, 0.25) is 0 Å². The van der Waals surface area contributed by atoms with Crippen LogP contribution in [0, 0.1) is 0 Å². The van der Waals surface area contributed by atoms with Crippen LogP contribution in [0.4, 0.5) is 17.2 Å². The van der Waals surface area contributed by atoms with Crippen LogP contribution in [-0.4, -0.2) is 9.55 Å². The number of nitrogens with zero attached hydrogens (tertiary/aromatic N) is 1. The highest BCUT2D eigenvalue weighted by Crippen LogP contribution is 2.15. The summed E-state index contributed by atoms with van der Waals surface area (Å²) in [5.74, 6) is 0.212. The van der Waals surface area contributed by atoms with E-state index < -0.39 is 11.2 Å². The third-order valence-electron chi connectivity index (χ3n) is 2.38. The second kappa shape index (κ2) is 4.17. The maximum Gasteiger partial charge on any atom is 0.329 e. The van der Waals surface area contributed by atoms with Crippen LogP contribution in [0.15, 0.2) is 39.9 Å². The number of para-hydroxylation sites is 1. The van der Waals surface area contributed by atoms with Crippen LogP contribution in [0.2, 0.25) is 0 Å². The lowest BCUT2D eigenvalue weighted by atomic mass is 10.3. The van der Waals surface area contributed by atoms with Crippen LogP contribution in [0.25, 0.3) is 0 Å². The van der Waals surface area contributed by atoms with Crippen molar-refractivity contribution in [3.8, 4) is 0 Å². The van der Waals surface area contributed by atoms with Gasteiger partial charge in [-0.2, -0.15) is 0 Å². The van der Waals surface area contributed by atoms with Gasteiger partial charge in [0.1, 0.15) is 11.5 Å². The number of H-pyrrole nitrogens is 1. The van der Waals surface area contributed by atoms with Gasteiger partial charge in [-0.3, -0.25) is 14.3 Å². The number of aromatic amines is 1. The van der Waals surface area contributed by atoms with E-state index >= 15 is 0 Å². The van der Waals surface area contributed by atoms with Crippen molar-refractivity contribution in [3.63, 3.8) is 0 Å². The minimum Gasteiger partial charge on any atom is -0.391 e. The zero-order chi connectivity index (χ0) is 12.4. The minimum atomic E-state index is -0.521. The van der Waals surface area contributed by atoms with Crippen molar-refractivity contribution < 1.29 is 0 Å². The normalized spacial score (nSPS) is 10.2. The van der Waals surface area contributed by atoms with Crippen molar-refractivity contribution in [3.05, 3.63) is 51.2 Å². The van der Waals surface area contributed by atoms with Crippen molar-refractivity contribution in [2.75, 3.05) is 11.1 Å². The molecule has 1 aromatic heterocycles. The summed E-state index contributed by atoms with van der Waals surface area (Å²) in [7, 11) is 1.36. The third-order valence-corrected chi connectivity index (χ3v) is 2.38. The van der Waals surface area contributed by atoms with Gasteiger partial charge < -0.3 is 11.1 Å². The molecular formula is C11H12N4O2. The van der Waals surface area contributed by atoms with E-state index in [2.05, 4.69) is 10.3 Å². The summed E-state index contributed by atoms with van der Waals surface area (Å²) in [4.78, 5) is 25.5. The molecule has 17 heavy (non-hydrogen) atoms. The standard InChI is InChI=1S/C11H12N4O2/c1-15-10(16)8(12)9(14-11(15)17)13-7-5-3-2-4-6-7/h2-6,13H,12H2,1H3,(H,14,17). The summed E-state index contributed by atoms with van der Waals surface area (Å²) in [6.45, 7) is 0. The van der Waals surface area contributed by atoms with Crippen molar-refractivity contribution in [2.24, 2.45) is 7.05 Å². The molecule has 6 heteroatoms. The maximum atomic E-state index is 11.6. The van der Waals surface area contributed by atoms with Gasteiger partial charge in [-0.05, 0) is 12.1 Å². The van der Waals surface area contributed by atoms with E-state index in [-0.39, 0.29) is 11.5 Å². The molecule has 0 saturated carbocycles. The predicted molar refractivity (Wildman–Crippen MR) is 66.4 cm³/mol. The lowest BCUT2D eigenvalue weighted by molar-refractivity contribution is 0.782. The Morgan fingerprint density at radius 1 is 1.24 bits per heavy atom. The van der Waals surface area contributed by atoms with Crippen molar-refractivity contribution >= 4 is 17.2 Å². The number of nitrogens with two attached hydrogens (primary N) is 1. The third kappa shape index (κ3) is 2.05. The van der Waals surface area contributed by atoms with E-state index in [0.29, 0.717) is 0 Å². The van der Waals surface area contributed by atoms with Crippen LogP contribution >= 0.6 is 0 Å². The maximum absolute atomic E-state index is 11.6. The molecule has 0 radical (unpaired) electrons. The summed E-state index contributed by atoms with van der Waals surface area (Å²) in [5.41, 5.74) is 5.32. The molecule has 4 N–H and O–H groups in total. The lowest BCUT2D eigenvalue weighted by Crippen LogP contribution is -2.34. The zero-order valence-corrected chi connectivity index (χ0v) is 9.23. The number of nitrogens with one attached hydrogen (secondary N) is 2. The number of rotatable bonds is 2. The average Bonchev–Trinajstić information content (AvgIpc) is 2.35. The molecule has 0 bridgehead atoms. The Bertz CT molecular complexity index is 643. The second-order valence-corrected chi connectivity index (χ2v) is 3.57. The van der Waals surface area contributed by atoms with E-state index in [4.69, 9.17) is 5.73 Å². The number of hydrogen-bond donors (Lipinski definition) is 3. The first-order valence-corrected chi connectivity index (χ1v) is 5.00. The molecule has 0 atom stereocenters. The largest absolute Gasteiger partial charge is 0.391 e. The fourth-order valence-corrected chi connectivity index (χ4v) is 1.40. The molecule has 2 rings (SSSR count). The Morgan fingerprint density at radius 3 is 2.53 bits per heavy atom. The Labute approximate surface area is 96.7 Å². The van der Waals surface area contributed by atoms with Crippen molar-refractivity contribution in [2.45, 2.75) is 0 Å². The Kier molecular flexibility index (Phi) is 2.70. The SMILES string of the molecule is Cn1c(=O)[nH]c(Nc2ccccc2)c(N)c1=O. The van der Waals surface area contributed by atoms with Gasteiger partial charge in [-0.1, -0.05) is 18.2 Å². The number of anilines is 3. The zero-order valence-electron chi connectivity index (χ0n) is 9.23. The monoisotopic (exact) mass is 232 g/mol. The Hall–Kier alpha value is -2.50. The van der Waals surface area contributed by atoms with Gasteiger partial charge in [-0.25, -0.2) is 4.79 Å². The highest BCUT2D eigenvalue weighted by atomic mass is 16.2. The highest BCUT2D eigenvalue weighted by molar-refractivity contribution is 5.67. The number of aromatic nitrogens is 2. The average molecular weight is 232 g/mol. The van der Waals surface area contributed by atoms with E-state index in [0.717, 1.165) is 10.3 Å². The number of hydrogen-bond acceptors (Lipinski definition) is 4. The molecule has 1 aromatic carbocycles. The fourth-order valence-electron chi connectivity index (χ4n) is 1.40. The molecule has 0 aliphatic carbocycles. The van der Waals surface area contributed by atoms with Crippen LogP contribution in [0.3, 0.4) is 0 Å². The summed E-state index contributed by atoms with van der Waals surface area (Å²) >= 11 is 0. The van der Waals surface area contributed by atoms with Gasteiger partial charge in [0.25, 0.3) is 5.56 Å². The van der Waals surface area contributed by atoms with Gasteiger partial charge in [0.15, 0.2) is 0 Å². The first kappa shape index (κ1) is 11.0. The molecule has 2 aromatic rings. The molecule has 0 aliphatic heterocycles. The van der Waals surface area contributed by atoms with Crippen molar-refractivity contribution in [1.29, 1.82) is 0 Å². The Morgan fingerprint density at radius 2 is 1.88 bits per heavy atom. The van der Waals surface area contributed by atoms with Crippen LogP contribution in [0.1, 0.15) is 0 Å². The molecule has 88 valence electrons. The molecule has 0 amide bonds. The van der Waals surface area contributed by atoms with Crippen LogP contribution in [0.5, 0.6) is 0 Å². The van der Waals surface area contributed by atoms with Gasteiger partial charge in [0.05, 0.1) is 0 Å². The predicted octanol–water partition coefficient (Wildman–Crippen LogP) is 0.399. The smallest absolute Gasteiger partial charge is 0.329 e. The topological polar surface area (TPSA) is 92.9 Å². The van der Waals surface area contributed by atoms with E-state index in [1.54, 1.807) is 12.1 Å². The molecule has 0 saturated heterocycles. The highest BCUT2D eigenvalue weighted by Gasteiger charge is 2.08. The summed E-state index contributed by atoms with van der Waals surface area (Å²) in [6, 6.07) is 9.13. The fraction of sp³-hybridized carbons (Fsp3) is 0.0909. The molecule has 0 fully saturated rings. The first-order chi connectivity index (χ1) is 8.09. The van der Waals surface area contributed by atoms with Gasteiger partial charge in [-0.15, -0.1) is 0 Å². The second-order valence-electron chi connectivity index (χ2n) is 3.57. The van der Waals surface area contributed by atoms with E-state index in [1.807, 2.05) is 18.2 Å². The molecule has 0 spiro atoms. The van der Waals surface area contributed by atoms with E-state index in [9.17, 15) is 9.59 Å². The summed E-state index contributed by atoms with van der Waals surface area (Å²) in [5, 5.41) is 2.89. The van der Waals surface area contributed by atoms with E-state index in [1.165, 1.54) is 7.05 Å². The van der Waals surface area contributed by atoms with Crippen molar-refractivity contribution in [1.82, 2.24) is 9.55 Å². The first-order valence-electron chi connectivity index (χ1n) is 5.00.